The van der Waals surface area contributed by atoms with Crippen LogP contribution in [-0.2, 0) is 9.53 Å². The number of carbonyl (C=O) groups is 1. The Morgan fingerprint density at radius 1 is 0.913 bits per heavy atom. The molecule has 0 N–H and O–H groups in total. The van der Waals surface area contributed by atoms with Crippen LogP contribution in [0.4, 0.5) is 0 Å². The highest BCUT2D eigenvalue weighted by molar-refractivity contribution is 6.01. The Morgan fingerprint density at radius 2 is 1.52 bits per heavy atom. The van der Waals surface area contributed by atoms with E-state index in [1.165, 1.54) is 0 Å². The van der Waals surface area contributed by atoms with Gasteiger partial charge in [-0.05, 0) is 42.2 Å². The summed E-state index contributed by atoms with van der Waals surface area (Å²) < 4.78 is 10.5. The summed E-state index contributed by atoms with van der Waals surface area (Å²) in [4.78, 5) is 12.4. The molecule has 0 heterocycles. The van der Waals surface area contributed by atoms with Crippen molar-refractivity contribution in [3.8, 4) is 5.75 Å². The van der Waals surface area contributed by atoms with Crippen LogP contribution in [0.3, 0.4) is 0 Å². The Morgan fingerprint density at radius 3 is 2.04 bits per heavy atom. The van der Waals surface area contributed by atoms with E-state index in [9.17, 15) is 4.79 Å². The van der Waals surface area contributed by atoms with Crippen LogP contribution in [0, 0.1) is 0 Å². The van der Waals surface area contributed by atoms with Crippen LogP contribution in [0.5, 0.6) is 5.75 Å². The van der Waals surface area contributed by atoms with E-state index in [4.69, 9.17) is 9.47 Å². The molecule has 0 unspecified atom stereocenters. The van der Waals surface area contributed by atoms with Gasteiger partial charge in [-0.3, -0.25) is 0 Å². The van der Waals surface area contributed by atoms with Gasteiger partial charge in [0.2, 0.25) is 0 Å². The molecule has 0 radical (unpaired) electrons. The number of methoxy groups -OCH3 is 1. The number of ether oxygens (including phenoxy) is 2. The van der Waals surface area contributed by atoms with Crippen molar-refractivity contribution >= 4 is 11.5 Å². The second kappa shape index (κ2) is 8.18. The second-order valence-corrected chi connectivity index (χ2v) is 5.02. The molecule has 0 saturated heterocycles. The highest BCUT2D eigenvalue weighted by Gasteiger charge is 2.18. The van der Waals surface area contributed by atoms with Gasteiger partial charge in [0.15, 0.2) is 0 Å². The van der Waals surface area contributed by atoms with Crippen molar-refractivity contribution in [3.05, 3.63) is 71.3 Å². The zero-order valence-electron chi connectivity index (χ0n) is 13.8. The SMILES string of the molecule is CCOC(=O)C(CC)=C(c1ccccc1)c1ccc(OC)cc1. The molecular weight excluding hydrogens is 288 g/mol. The first-order valence-electron chi connectivity index (χ1n) is 7.81. The van der Waals surface area contributed by atoms with E-state index in [-0.39, 0.29) is 5.97 Å². The molecule has 0 aliphatic heterocycles. The van der Waals surface area contributed by atoms with Crippen LogP contribution >= 0.6 is 0 Å². The summed E-state index contributed by atoms with van der Waals surface area (Å²) in [6.45, 7) is 4.16. The van der Waals surface area contributed by atoms with Gasteiger partial charge in [-0.15, -0.1) is 0 Å². The van der Waals surface area contributed by atoms with Gasteiger partial charge >= 0.3 is 5.97 Å². The van der Waals surface area contributed by atoms with Gasteiger partial charge in [0, 0.05) is 5.57 Å². The molecule has 120 valence electrons. The first-order chi connectivity index (χ1) is 11.2. The standard InChI is InChI=1S/C20H22O3/c1-4-18(20(21)23-5-2)19(15-9-7-6-8-10-15)16-11-13-17(22-3)14-12-16/h6-14H,4-5H2,1-3H3. The summed E-state index contributed by atoms with van der Waals surface area (Å²) in [7, 11) is 1.64. The average Bonchev–Trinajstić information content (AvgIpc) is 2.60. The zero-order valence-corrected chi connectivity index (χ0v) is 13.8. The van der Waals surface area contributed by atoms with E-state index in [0.29, 0.717) is 18.6 Å². The minimum absolute atomic E-state index is 0.260. The minimum Gasteiger partial charge on any atom is -0.497 e. The number of rotatable bonds is 6. The molecule has 0 bridgehead atoms. The number of carbonyl (C=O) groups excluding carboxylic acids is 1. The Balaban J connectivity index is 2.61. The molecule has 0 aliphatic carbocycles. The van der Waals surface area contributed by atoms with Crippen molar-refractivity contribution in [2.24, 2.45) is 0 Å². The molecule has 2 rings (SSSR count). The van der Waals surface area contributed by atoms with Crippen LogP contribution in [0.25, 0.3) is 5.57 Å². The molecule has 3 heteroatoms. The predicted molar refractivity (Wildman–Crippen MR) is 92.4 cm³/mol. The maximum atomic E-state index is 12.4. The maximum Gasteiger partial charge on any atom is 0.334 e. The molecule has 0 aromatic heterocycles. The lowest BCUT2D eigenvalue weighted by Crippen LogP contribution is -2.10. The van der Waals surface area contributed by atoms with E-state index in [1.54, 1.807) is 7.11 Å². The Bertz CT molecular complexity index is 670. The third kappa shape index (κ3) is 4.01. The molecule has 23 heavy (non-hydrogen) atoms. The summed E-state index contributed by atoms with van der Waals surface area (Å²) in [6.07, 6.45) is 0.606. The summed E-state index contributed by atoms with van der Waals surface area (Å²) in [6, 6.07) is 17.7. The van der Waals surface area contributed by atoms with Gasteiger partial charge in [-0.1, -0.05) is 49.4 Å². The van der Waals surface area contributed by atoms with Gasteiger partial charge in [-0.25, -0.2) is 4.79 Å². The topological polar surface area (TPSA) is 35.5 Å². The molecule has 2 aromatic rings. The van der Waals surface area contributed by atoms with Gasteiger partial charge in [-0.2, -0.15) is 0 Å². The number of benzene rings is 2. The van der Waals surface area contributed by atoms with E-state index >= 15 is 0 Å². The molecule has 0 atom stereocenters. The maximum absolute atomic E-state index is 12.4. The Hall–Kier alpha value is -2.55. The quantitative estimate of drug-likeness (QED) is 0.583. The second-order valence-electron chi connectivity index (χ2n) is 5.02. The van der Waals surface area contributed by atoms with Crippen LogP contribution in [-0.4, -0.2) is 19.7 Å². The predicted octanol–water partition coefficient (Wildman–Crippen LogP) is 4.47. The van der Waals surface area contributed by atoms with Gasteiger partial charge < -0.3 is 9.47 Å². The van der Waals surface area contributed by atoms with Crippen molar-refractivity contribution in [2.75, 3.05) is 13.7 Å². The number of hydrogen-bond acceptors (Lipinski definition) is 3. The fourth-order valence-electron chi connectivity index (χ4n) is 2.52. The largest absolute Gasteiger partial charge is 0.497 e. The van der Waals surface area contributed by atoms with Gasteiger partial charge in [0.05, 0.1) is 13.7 Å². The normalized spacial score (nSPS) is 11.6. The summed E-state index contributed by atoms with van der Waals surface area (Å²) in [5, 5.41) is 0. The first kappa shape index (κ1) is 16.8. The van der Waals surface area contributed by atoms with Crippen LogP contribution in [0.2, 0.25) is 0 Å². The zero-order chi connectivity index (χ0) is 16.7. The fourth-order valence-corrected chi connectivity index (χ4v) is 2.52. The lowest BCUT2D eigenvalue weighted by molar-refractivity contribution is -0.138. The summed E-state index contributed by atoms with van der Waals surface area (Å²) in [5.74, 6) is 0.528. The van der Waals surface area contributed by atoms with Gasteiger partial charge in [0.25, 0.3) is 0 Å². The highest BCUT2D eigenvalue weighted by Crippen LogP contribution is 2.30. The lowest BCUT2D eigenvalue weighted by Gasteiger charge is -2.15. The summed E-state index contributed by atoms with van der Waals surface area (Å²) in [5.41, 5.74) is 3.57. The molecule has 2 aromatic carbocycles. The molecule has 0 spiro atoms. The van der Waals surface area contributed by atoms with Crippen LogP contribution in [0.15, 0.2) is 60.2 Å². The van der Waals surface area contributed by atoms with Crippen molar-refractivity contribution < 1.29 is 14.3 Å². The monoisotopic (exact) mass is 310 g/mol. The van der Waals surface area contributed by atoms with Crippen LogP contribution in [0.1, 0.15) is 31.4 Å². The summed E-state index contributed by atoms with van der Waals surface area (Å²) >= 11 is 0. The smallest absolute Gasteiger partial charge is 0.334 e. The molecule has 0 saturated carbocycles. The third-order valence-electron chi connectivity index (χ3n) is 3.62. The lowest BCUT2D eigenvalue weighted by atomic mass is 9.92. The van der Waals surface area contributed by atoms with Crippen molar-refractivity contribution in [3.63, 3.8) is 0 Å². The molecule has 0 aliphatic rings. The third-order valence-corrected chi connectivity index (χ3v) is 3.62. The molecular formula is C20H22O3. The molecule has 3 nitrogen and oxygen atoms in total. The van der Waals surface area contributed by atoms with Crippen molar-refractivity contribution in [2.45, 2.75) is 20.3 Å². The Labute approximate surface area is 137 Å². The fraction of sp³-hybridized carbons (Fsp3) is 0.250. The minimum atomic E-state index is -0.260. The van der Waals surface area contributed by atoms with Crippen LogP contribution < -0.4 is 4.74 Å². The van der Waals surface area contributed by atoms with Crippen molar-refractivity contribution in [1.29, 1.82) is 0 Å². The highest BCUT2D eigenvalue weighted by atomic mass is 16.5. The molecule has 0 fully saturated rings. The molecule has 0 amide bonds. The van der Waals surface area contributed by atoms with E-state index in [1.807, 2.05) is 68.4 Å². The van der Waals surface area contributed by atoms with Crippen molar-refractivity contribution in [1.82, 2.24) is 0 Å². The first-order valence-corrected chi connectivity index (χ1v) is 7.81. The van der Waals surface area contributed by atoms with E-state index < -0.39 is 0 Å². The van der Waals surface area contributed by atoms with Gasteiger partial charge in [0.1, 0.15) is 5.75 Å². The van der Waals surface area contributed by atoms with E-state index in [0.717, 1.165) is 22.4 Å². The average molecular weight is 310 g/mol. The van der Waals surface area contributed by atoms with E-state index in [2.05, 4.69) is 0 Å². The number of esters is 1. The number of hydrogen-bond donors (Lipinski definition) is 0. The Kier molecular flexibility index (Phi) is 5.98.